The number of likely N-dealkylation sites (N-methyl/N-ethyl adjacent to an activating group) is 1. The molecule has 2 aliphatic rings. The molecule has 0 aliphatic carbocycles. The van der Waals surface area contributed by atoms with Crippen LogP contribution in [0.3, 0.4) is 0 Å². The molecule has 29 heavy (non-hydrogen) atoms. The average molecular weight is 412 g/mol. The van der Waals surface area contributed by atoms with Gasteiger partial charge in [0, 0.05) is 79.2 Å². The third-order valence-electron chi connectivity index (χ3n) is 5.96. The maximum Gasteiger partial charge on any atom is 0.193 e. The fraction of sp³-hybridized carbons (Fsp3) is 0.955. The maximum absolute atomic E-state index is 6.00. The van der Waals surface area contributed by atoms with Crippen LogP contribution in [-0.4, -0.2) is 113 Å². The summed E-state index contributed by atoms with van der Waals surface area (Å²) in [4.78, 5) is 12.5. The standard InChI is InChI=1S/C22H45N5O2/c1-5-23-22(27-10-8-21(9-11-27)29-17-7-16-28-4)24-18-20(3)19-26-14-12-25(6-2)13-15-26/h20-21H,5-19H2,1-4H3,(H,23,24). The number of rotatable bonds is 11. The lowest BCUT2D eigenvalue weighted by molar-refractivity contribution is 0.00989. The van der Waals surface area contributed by atoms with E-state index in [1.165, 1.54) is 32.7 Å². The first-order chi connectivity index (χ1) is 14.2. The Morgan fingerprint density at radius 3 is 2.34 bits per heavy atom. The van der Waals surface area contributed by atoms with Crippen molar-refractivity contribution in [1.29, 1.82) is 0 Å². The first kappa shape index (κ1) is 24.4. The molecule has 0 aromatic carbocycles. The second-order valence-electron chi connectivity index (χ2n) is 8.44. The predicted octanol–water partition coefficient (Wildman–Crippen LogP) is 1.74. The molecule has 1 unspecified atom stereocenters. The topological polar surface area (TPSA) is 52.6 Å². The van der Waals surface area contributed by atoms with Crippen molar-refractivity contribution in [3.8, 4) is 0 Å². The van der Waals surface area contributed by atoms with Gasteiger partial charge in [-0.05, 0) is 38.6 Å². The lowest BCUT2D eigenvalue weighted by atomic mass is 10.1. The number of likely N-dealkylation sites (tertiary alicyclic amines) is 1. The van der Waals surface area contributed by atoms with Gasteiger partial charge >= 0.3 is 0 Å². The van der Waals surface area contributed by atoms with Crippen molar-refractivity contribution in [1.82, 2.24) is 20.0 Å². The Morgan fingerprint density at radius 2 is 1.72 bits per heavy atom. The van der Waals surface area contributed by atoms with E-state index in [1.807, 2.05) is 0 Å². The lowest BCUT2D eigenvalue weighted by Crippen LogP contribution is -2.48. The molecule has 7 nitrogen and oxygen atoms in total. The average Bonchev–Trinajstić information content (AvgIpc) is 2.75. The van der Waals surface area contributed by atoms with E-state index in [-0.39, 0.29) is 0 Å². The van der Waals surface area contributed by atoms with Crippen molar-refractivity contribution in [2.75, 3.05) is 85.8 Å². The molecular formula is C22H45N5O2. The lowest BCUT2D eigenvalue weighted by Gasteiger charge is -2.35. The van der Waals surface area contributed by atoms with E-state index in [0.717, 1.165) is 71.2 Å². The minimum absolute atomic E-state index is 0.381. The van der Waals surface area contributed by atoms with Gasteiger partial charge < -0.3 is 29.5 Å². The molecule has 0 aromatic heterocycles. The van der Waals surface area contributed by atoms with Gasteiger partial charge in [0.05, 0.1) is 6.10 Å². The van der Waals surface area contributed by atoms with Gasteiger partial charge in [-0.3, -0.25) is 4.99 Å². The maximum atomic E-state index is 6.00. The summed E-state index contributed by atoms with van der Waals surface area (Å²) in [6, 6.07) is 0. The number of hydrogen-bond donors (Lipinski definition) is 1. The fourth-order valence-electron chi connectivity index (χ4n) is 4.14. The molecule has 2 saturated heterocycles. The molecule has 0 spiro atoms. The van der Waals surface area contributed by atoms with E-state index >= 15 is 0 Å². The Balaban J connectivity index is 1.72. The zero-order chi connectivity index (χ0) is 20.9. The Morgan fingerprint density at radius 1 is 1.03 bits per heavy atom. The van der Waals surface area contributed by atoms with E-state index in [0.29, 0.717) is 12.0 Å². The molecule has 1 N–H and O–H groups in total. The highest BCUT2D eigenvalue weighted by Crippen LogP contribution is 2.14. The minimum Gasteiger partial charge on any atom is -0.385 e. The van der Waals surface area contributed by atoms with Crippen molar-refractivity contribution >= 4 is 5.96 Å². The molecule has 2 heterocycles. The molecule has 2 rings (SSSR count). The summed E-state index contributed by atoms with van der Waals surface area (Å²) in [7, 11) is 1.74. The smallest absolute Gasteiger partial charge is 0.193 e. The first-order valence-corrected chi connectivity index (χ1v) is 11.7. The molecule has 0 bridgehead atoms. The van der Waals surface area contributed by atoms with Gasteiger partial charge in [-0.1, -0.05) is 13.8 Å². The Hall–Kier alpha value is -0.890. The zero-order valence-electron chi connectivity index (χ0n) is 19.4. The monoisotopic (exact) mass is 411 g/mol. The largest absolute Gasteiger partial charge is 0.385 e. The fourth-order valence-corrected chi connectivity index (χ4v) is 4.14. The van der Waals surface area contributed by atoms with Gasteiger partial charge in [-0.2, -0.15) is 0 Å². The number of nitrogens with one attached hydrogen (secondary N) is 1. The zero-order valence-corrected chi connectivity index (χ0v) is 19.4. The molecule has 0 radical (unpaired) electrons. The predicted molar refractivity (Wildman–Crippen MR) is 121 cm³/mol. The van der Waals surface area contributed by atoms with Crippen molar-refractivity contribution in [2.24, 2.45) is 10.9 Å². The normalized spacial score (nSPS) is 21.5. The highest BCUT2D eigenvalue weighted by atomic mass is 16.5. The third kappa shape index (κ3) is 9.20. The Bertz CT molecular complexity index is 446. The summed E-state index contributed by atoms with van der Waals surface area (Å²) in [6.07, 6.45) is 3.52. The Kier molecular flexibility index (Phi) is 11.9. The quantitative estimate of drug-likeness (QED) is 0.318. The minimum atomic E-state index is 0.381. The summed E-state index contributed by atoms with van der Waals surface area (Å²) in [5.74, 6) is 1.66. The number of guanidine groups is 1. The van der Waals surface area contributed by atoms with E-state index in [4.69, 9.17) is 14.5 Å². The summed E-state index contributed by atoms with van der Waals surface area (Å²) >= 11 is 0. The number of piperazine rings is 1. The van der Waals surface area contributed by atoms with Crippen molar-refractivity contribution in [3.05, 3.63) is 0 Å². The van der Waals surface area contributed by atoms with Crippen LogP contribution in [0.5, 0.6) is 0 Å². The molecule has 0 aromatic rings. The highest BCUT2D eigenvalue weighted by Gasteiger charge is 2.22. The van der Waals surface area contributed by atoms with Gasteiger partial charge in [0.15, 0.2) is 5.96 Å². The third-order valence-corrected chi connectivity index (χ3v) is 5.96. The Labute approximate surface area is 178 Å². The summed E-state index contributed by atoms with van der Waals surface area (Å²) < 4.78 is 11.1. The number of ether oxygens (including phenoxy) is 2. The van der Waals surface area contributed by atoms with E-state index in [1.54, 1.807) is 7.11 Å². The van der Waals surface area contributed by atoms with Crippen LogP contribution in [-0.2, 0) is 9.47 Å². The molecule has 170 valence electrons. The van der Waals surface area contributed by atoms with Crippen LogP contribution in [0.1, 0.15) is 40.0 Å². The van der Waals surface area contributed by atoms with Crippen LogP contribution in [0, 0.1) is 5.92 Å². The molecule has 0 amide bonds. The van der Waals surface area contributed by atoms with Gasteiger partial charge in [-0.15, -0.1) is 0 Å². The molecule has 2 fully saturated rings. The SMILES string of the molecule is CCNC(=NCC(C)CN1CCN(CC)CC1)N1CCC(OCCCOC)CC1. The summed E-state index contributed by atoms with van der Waals surface area (Å²) in [6.45, 7) is 19.3. The van der Waals surface area contributed by atoms with Gasteiger partial charge in [0.2, 0.25) is 0 Å². The molecule has 7 heteroatoms. The van der Waals surface area contributed by atoms with Gasteiger partial charge in [-0.25, -0.2) is 0 Å². The second-order valence-corrected chi connectivity index (χ2v) is 8.44. The molecule has 2 aliphatic heterocycles. The van der Waals surface area contributed by atoms with E-state index < -0.39 is 0 Å². The van der Waals surface area contributed by atoms with Crippen LogP contribution < -0.4 is 5.32 Å². The van der Waals surface area contributed by atoms with Crippen molar-refractivity contribution in [2.45, 2.75) is 46.1 Å². The van der Waals surface area contributed by atoms with Crippen LogP contribution in [0.15, 0.2) is 4.99 Å². The first-order valence-electron chi connectivity index (χ1n) is 11.7. The van der Waals surface area contributed by atoms with Crippen LogP contribution in [0.4, 0.5) is 0 Å². The molecule has 0 saturated carbocycles. The van der Waals surface area contributed by atoms with Crippen molar-refractivity contribution in [3.63, 3.8) is 0 Å². The van der Waals surface area contributed by atoms with Crippen LogP contribution >= 0.6 is 0 Å². The summed E-state index contributed by atoms with van der Waals surface area (Å²) in [5.41, 5.74) is 0. The van der Waals surface area contributed by atoms with E-state index in [2.05, 4.69) is 40.8 Å². The second kappa shape index (κ2) is 14.2. The number of piperidine rings is 1. The summed E-state index contributed by atoms with van der Waals surface area (Å²) in [5, 5.41) is 3.50. The molecular weight excluding hydrogens is 366 g/mol. The van der Waals surface area contributed by atoms with E-state index in [9.17, 15) is 0 Å². The van der Waals surface area contributed by atoms with Crippen molar-refractivity contribution < 1.29 is 9.47 Å². The van der Waals surface area contributed by atoms with Gasteiger partial charge in [0.1, 0.15) is 0 Å². The van der Waals surface area contributed by atoms with Crippen LogP contribution in [0.2, 0.25) is 0 Å². The number of methoxy groups -OCH3 is 1. The van der Waals surface area contributed by atoms with Crippen LogP contribution in [0.25, 0.3) is 0 Å². The number of aliphatic imine (C=N–C) groups is 1. The number of hydrogen-bond acceptors (Lipinski definition) is 5. The van der Waals surface area contributed by atoms with Gasteiger partial charge in [0.25, 0.3) is 0 Å². The number of nitrogens with zero attached hydrogens (tertiary/aromatic N) is 4. The highest BCUT2D eigenvalue weighted by molar-refractivity contribution is 5.80. The molecule has 1 atom stereocenters.